The van der Waals surface area contributed by atoms with Crippen LogP contribution in [0.5, 0.6) is 0 Å². The van der Waals surface area contributed by atoms with Gasteiger partial charge < -0.3 is 37.4 Å². The molecule has 5 amide bonds. The van der Waals surface area contributed by atoms with E-state index < -0.39 is 35.6 Å². The second kappa shape index (κ2) is 19.6. The van der Waals surface area contributed by atoms with Gasteiger partial charge in [0.15, 0.2) is 0 Å². The van der Waals surface area contributed by atoms with Gasteiger partial charge in [0.05, 0.1) is 28.2 Å². The number of thiazole rings is 1. The summed E-state index contributed by atoms with van der Waals surface area (Å²) in [5, 5.41) is 19.2. The molecule has 13 nitrogen and oxygen atoms in total. The molecule has 3 aromatic rings. The van der Waals surface area contributed by atoms with E-state index in [4.69, 9.17) is 11.5 Å². The summed E-state index contributed by atoms with van der Waals surface area (Å²) in [5.74, 6) is -1.79. The number of hydrogen-bond acceptors (Lipinski definition) is 9. The number of aliphatic hydroxyl groups is 1. The predicted molar refractivity (Wildman–Crippen MR) is 209 cm³/mol. The first-order chi connectivity index (χ1) is 25.6. The summed E-state index contributed by atoms with van der Waals surface area (Å²) in [6, 6.07) is 13.3. The number of nitrogens with one attached hydrogen (secondary N) is 3. The topological polar surface area (TPSA) is 210 Å². The highest BCUT2D eigenvalue weighted by atomic mass is 32.1. The van der Waals surface area contributed by atoms with E-state index in [0.717, 1.165) is 52.1 Å². The highest BCUT2D eigenvalue weighted by Gasteiger charge is 2.44. The number of carbonyl (C=O) groups excluding carboxylic acids is 5. The summed E-state index contributed by atoms with van der Waals surface area (Å²) in [7, 11) is 0. The van der Waals surface area contributed by atoms with Crippen LogP contribution in [-0.4, -0.2) is 75.3 Å². The SMILES string of the molecule is Cc1ncsc1-c1ccc(CNC(=O)[C@@H]2C[C@@H](O)CN2C(=O)[C@@H](NC(=O)CCCCCc2ccc(CNC(=O)[C@@H](N)CCC(N)=O)cc2)C(C)(C)C)cc1. The molecule has 0 unspecified atom stereocenters. The molecule has 292 valence electrons. The minimum Gasteiger partial charge on any atom is -0.391 e. The number of likely N-dealkylation sites (tertiary alicyclic amines) is 1. The van der Waals surface area contributed by atoms with E-state index in [1.807, 2.05) is 81.7 Å². The lowest BCUT2D eigenvalue weighted by Crippen LogP contribution is -2.57. The van der Waals surface area contributed by atoms with Crippen LogP contribution in [0.25, 0.3) is 10.4 Å². The summed E-state index contributed by atoms with van der Waals surface area (Å²) in [6.45, 7) is 8.20. The summed E-state index contributed by atoms with van der Waals surface area (Å²) >= 11 is 1.58. The van der Waals surface area contributed by atoms with Gasteiger partial charge in [-0.15, -0.1) is 11.3 Å². The number of amides is 5. The lowest BCUT2D eigenvalue weighted by Gasteiger charge is -2.35. The smallest absolute Gasteiger partial charge is 0.246 e. The Balaban J connectivity index is 1.21. The number of aliphatic hydroxyl groups excluding tert-OH is 1. The van der Waals surface area contributed by atoms with E-state index in [1.54, 1.807) is 11.3 Å². The fraction of sp³-hybridized carbons (Fsp3) is 0.500. The fourth-order valence-electron chi connectivity index (χ4n) is 6.38. The van der Waals surface area contributed by atoms with Gasteiger partial charge in [-0.2, -0.15) is 0 Å². The van der Waals surface area contributed by atoms with Crippen LogP contribution >= 0.6 is 11.3 Å². The van der Waals surface area contributed by atoms with E-state index in [-0.39, 0.29) is 62.4 Å². The second-order valence-corrected chi connectivity index (χ2v) is 16.0. The molecule has 2 heterocycles. The van der Waals surface area contributed by atoms with Crippen molar-refractivity contribution in [1.82, 2.24) is 25.8 Å². The van der Waals surface area contributed by atoms with Gasteiger partial charge in [-0.05, 0) is 60.3 Å². The van der Waals surface area contributed by atoms with Crippen molar-refractivity contribution in [2.45, 2.75) is 116 Å². The number of aryl methyl sites for hydroxylation is 2. The molecule has 1 fully saturated rings. The zero-order valence-electron chi connectivity index (χ0n) is 31.7. The molecule has 14 heteroatoms. The molecule has 0 bridgehead atoms. The molecule has 8 N–H and O–H groups in total. The third-order valence-corrected chi connectivity index (χ3v) is 10.6. The molecule has 1 saturated heterocycles. The van der Waals surface area contributed by atoms with Crippen LogP contribution in [0.3, 0.4) is 0 Å². The molecule has 2 aromatic carbocycles. The summed E-state index contributed by atoms with van der Waals surface area (Å²) in [4.78, 5) is 70.2. The van der Waals surface area contributed by atoms with Crippen molar-refractivity contribution in [2.75, 3.05) is 6.54 Å². The first-order valence-electron chi connectivity index (χ1n) is 18.6. The Morgan fingerprint density at radius 3 is 2.17 bits per heavy atom. The molecule has 0 spiro atoms. The second-order valence-electron chi connectivity index (χ2n) is 15.2. The van der Waals surface area contributed by atoms with Gasteiger partial charge >= 0.3 is 0 Å². The number of nitrogens with zero attached hydrogens (tertiary/aromatic N) is 2. The van der Waals surface area contributed by atoms with Crippen molar-refractivity contribution < 1.29 is 29.1 Å². The number of rotatable bonds is 18. The van der Waals surface area contributed by atoms with Crippen LogP contribution in [0.4, 0.5) is 0 Å². The number of unbranched alkanes of at least 4 members (excludes halogenated alkanes) is 2. The van der Waals surface area contributed by atoms with Gasteiger partial charge in [0.1, 0.15) is 12.1 Å². The summed E-state index contributed by atoms with van der Waals surface area (Å²) < 4.78 is 0. The highest BCUT2D eigenvalue weighted by Crippen LogP contribution is 2.28. The Labute approximate surface area is 321 Å². The maximum absolute atomic E-state index is 13.9. The Morgan fingerprint density at radius 1 is 0.926 bits per heavy atom. The van der Waals surface area contributed by atoms with Gasteiger partial charge in [0.2, 0.25) is 29.5 Å². The molecule has 0 radical (unpaired) electrons. The first-order valence-corrected chi connectivity index (χ1v) is 19.4. The molecule has 1 aliphatic rings. The predicted octanol–water partition coefficient (Wildman–Crippen LogP) is 3.24. The average Bonchev–Trinajstić information content (AvgIpc) is 3.75. The van der Waals surface area contributed by atoms with E-state index in [2.05, 4.69) is 20.9 Å². The molecule has 0 aliphatic carbocycles. The number of primary amides is 1. The molecule has 54 heavy (non-hydrogen) atoms. The van der Waals surface area contributed by atoms with Crippen molar-refractivity contribution >= 4 is 40.9 Å². The number of benzene rings is 2. The maximum Gasteiger partial charge on any atom is 0.246 e. The third kappa shape index (κ3) is 12.5. The molecule has 1 aromatic heterocycles. The number of nitrogens with two attached hydrogens (primary N) is 2. The van der Waals surface area contributed by atoms with Crippen molar-refractivity contribution in [3.8, 4) is 10.4 Å². The monoisotopic (exact) mass is 761 g/mol. The van der Waals surface area contributed by atoms with Crippen LogP contribution in [0.2, 0.25) is 0 Å². The Bertz CT molecular complexity index is 1740. The molecular weight excluding hydrogens is 707 g/mol. The zero-order valence-corrected chi connectivity index (χ0v) is 32.5. The van der Waals surface area contributed by atoms with Crippen molar-refractivity contribution in [3.63, 3.8) is 0 Å². The fourth-order valence-corrected chi connectivity index (χ4v) is 7.19. The summed E-state index contributed by atoms with van der Waals surface area (Å²) in [6.07, 6.45) is 2.97. The average molecular weight is 762 g/mol. The Hall–Kier alpha value is -4.66. The van der Waals surface area contributed by atoms with Crippen molar-refractivity contribution in [1.29, 1.82) is 0 Å². The minimum absolute atomic E-state index is 0.0183. The minimum atomic E-state index is -0.873. The van der Waals surface area contributed by atoms with E-state index in [9.17, 15) is 29.1 Å². The lowest BCUT2D eigenvalue weighted by molar-refractivity contribution is -0.144. The number of carbonyl (C=O) groups is 5. The zero-order chi connectivity index (χ0) is 39.4. The number of hydrogen-bond donors (Lipinski definition) is 6. The normalized spacial score (nSPS) is 16.7. The van der Waals surface area contributed by atoms with Crippen LogP contribution in [0, 0.1) is 12.3 Å². The Kier molecular flexibility index (Phi) is 15.3. The lowest BCUT2D eigenvalue weighted by atomic mass is 9.85. The van der Waals surface area contributed by atoms with Gasteiger partial charge in [0, 0.05) is 38.9 Å². The quantitative estimate of drug-likeness (QED) is 0.106. The Morgan fingerprint density at radius 2 is 1.56 bits per heavy atom. The van der Waals surface area contributed by atoms with Gasteiger partial charge in [-0.3, -0.25) is 24.0 Å². The molecular formula is C40H55N7O6S. The van der Waals surface area contributed by atoms with Crippen LogP contribution in [0.15, 0.2) is 54.0 Å². The molecule has 4 rings (SSSR count). The van der Waals surface area contributed by atoms with Crippen LogP contribution in [-0.2, 0) is 43.5 Å². The molecule has 1 aliphatic heterocycles. The van der Waals surface area contributed by atoms with E-state index in [1.165, 1.54) is 4.90 Å². The van der Waals surface area contributed by atoms with Crippen LogP contribution < -0.4 is 27.4 Å². The van der Waals surface area contributed by atoms with Gasteiger partial charge in [0.25, 0.3) is 0 Å². The third-order valence-electron chi connectivity index (χ3n) is 9.61. The maximum atomic E-state index is 13.9. The van der Waals surface area contributed by atoms with Crippen molar-refractivity contribution in [2.24, 2.45) is 16.9 Å². The summed E-state index contributed by atoms with van der Waals surface area (Å²) in [5.41, 5.74) is 17.1. The number of aromatic nitrogens is 1. The van der Waals surface area contributed by atoms with E-state index >= 15 is 0 Å². The van der Waals surface area contributed by atoms with Crippen LogP contribution in [0.1, 0.15) is 88.1 Å². The largest absolute Gasteiger partial charge is 0.391 e. The van der Waals surface area contributed by atoms with Gasteiger partial charge in [-0.25, -0.2) is 4.98 Å². The molecule has 4 atom stereocenters. The van der Waals surface area contributed by atoms with E-state index in [0.29, 0.717) is 13.0 Å². The standard InChI is InChI=1S/C40H55N7O6S/c1-25-35(54-24-45-25)29-16-14-28(15-17-29)22-44-38(52)32-20-30(48)23-47(32)39(53)36(40(2,3)4)46-34(50)9-7-5-6-8-26-10-12-27(13-11-26)21-43-37(51)31(41)18-19-33(42)49/h10-17,24,30-32,36,48H,5-9,18-23,41H2,1-4H3,(H2,42,49)(H,43,51)(H,44,52)(H,46,50)/t30-,31+,32+,36-/m1/s1. The highest BCUT2D eigenvalue weighted by molar-refractivity contribution is 7.13. The van der Waals surface area contributed by atoms with Gasteiger partial charge in [-0.1, -0.05) is 75.7 Å². The first kappa shape index (κ1) is 42.1. The van der Waals surface area contributed by atoms with Crippen molar-refractivity contribution in [3.05, 3.63) is 76.4 Å². The molecule has 0 saturated carbocycles. The number of β-amino-alcohol motifs (C(OH)–C–C–N with tert-alkyl or cyclic N) is 1.